The highest BCUT2D eigenvalue weighted by molar-refractivity contribution is 5.95. The van der Waals surface area contributed by atoms with Crippen molar-refractivity contribution in [1.29, 1.82) is 0 Å². The van der Waals surface area contributed by atoms with Crippen LogP contribution in [0.3, 0.4) is 0 Å². The third-order valence-corrected chi connectivity index (χ3v) is 4.44. The van der Waals surface area contributed by atoms with Gasteiger partial charge in [0.25, 0.3) is 11.8 Å². The van der Waals surface area contributed by atoms with E-state index in [0.717, 1.165) is 12.8 Å². The van der Waals surface area contributed by atoms with Crippen molar-refractivity contribution in [1.82, 2.24) is 10.2 Å². The van der Waals surface area contributed by atoms with Crippen molar-refractivity contribution in [3.05, 3.63) is 29.8 Å². The molecule has 1 aliphatic rings. The number of carbonyl (C=O) groups is 3. The average molecular weight is 349 g/mol. The quantitative estimate of drug-likeness (QED) is 0.617. The summed E-state index contributed by atoms with van der Waals surface area (Å²) in [4.78, 5) is 36.1. The van der Waals surface area contributed by atoms with E-state index in [9.17, 15) is 14.4 Å². The number of hydrogen-bond acceptors (Lipinski definition) is 5. The number of aliphatic carboxylic acids is 1. The van der Waals surface area contributed by atoms with Crippen LogP contribution in [0.1, 0.15) is 29.6 Å². The van der Waals surface area contributed by atoms with E-state index in [4.69, 9.17) is 15.6 Å². The SMILES string of the molecule is CN1[C@@H](CC(=O)O)CC[C@H]1CNC(=O)COc1ccccc1C(N)=O. The molecular weight excluding hydrogens is 326 g/mol. The minimum Gasteiger partial charge on any atom is -0.483 e. The summed E-state index contributed by atoms with van der Waals surface area (Å²) in [6.45, 7) is 0.200. The maximum absolute atomic E-state index is 12.0. The van der Waals surface area contributed by atoms with Gasteiger partial charge in [0, 0.05) is 18.6 Å². The Labute approximate surface area is 145 Å². The smallest absolute Gasteiger partial charge is 0.304 e. The molecule has 1 fully saturated rings. The molecular formula is C17H23N3O5. The molecule has 1 saturated heterocycles. The zero-order chi connectivity index (χ0) is 18.4. The Kier molecular flexibility index (Phi) is 6.35. The van der Waals surface area contributed by atoms with Gasteiger partial charge in [-0.2, -0.15) is 0 Å². The number of ether oxygens (including phenoxy) is 1. The number of para-hydroxylation sites is 1. The first-order chi connectivity index (χ1) is 11.9. The number of nitrogens with zero attached hydrogens (tertiary/aromatic N) is 1. The van der Waals surface area contributed by atoms with Gasteiger partial charge in [-0.15, -0.1) is 0 Å². The van der Waals surface area contributed by atoms with Gasteiger partial charge >= 0.3 is 5.97 Å². The van der Waals surface area contributed by atoms with Gasteiger partial charge in [-0.1, -0.05) is 12.1 Å². The number of carboxylic acid groups (broad SMARTS) is 1. The molecule has 2 amide bonds. The second-order valence-electron chi connectivity index (χ2n) is 6.10. The van der Waals surface area contributed by atoms with E-state index in [-0.39, 0.29) is 42.3 Å². The number of likely N-dealkylation sites (N-methyl/N-ethyl adjacent to an activating group) is 1. The summed E-state index contributed by atoms with van der Waals surface area (Å²) in [5.74, 6) is -1.48. The first-order valence-electron chi connectivity index (χ1n) is 8.10. The molecule has 0 radical (unpaired) electrons. The molecule has 25 heavy (non-hydrogen) atoms. The molecule has 0 aliphatic carbocycles. The molecule has 8 heteroatoms. The number of nitrogens with one attached hydrogen (secondary N) is 1. The maximum atomic E-state index is 12.0. The first-order valence-corrected chi connectivity index (χ1v) is 8.10. The molecule has 0 unspecified atom stereocenters. The van der Waals surface area contributed by atoms with Crippen LogP contribution in [-0.2, 0) is 9.59 Å². The van der Waals surface area contributed by atoms with Crippen LogP contribution in [0.25, 0.3) is 0 Å². The van der Waals surface area contributed by atoms with Gasteiger partial charge in [0.2, 0.25) is 0 Å². The van der Waals surface area contributed by atoms with Gasteiger partial charge < -0.3 is 20.9 Å². The van der Waals surface area contributed by atoms with Crippen molar-refractivity contribution < 1.29 is 24.2 Å². The van der Waals surface area contributed by atoms with Crippen molar-refractivity contribution in [3.8, 4) is 5.75 Å². The number of likely N-dealkylation sites (tertiary alicyclic amines) is 1. The normalized spacial score (nSPS) is 20.2. The number of amides is 2. The highest BCUT2D eigenvalue weighted by Gasteiger charge is 2.31. The van der Waals surface area contributed by atoms with Gasteiger partial charge in [0.05, 0.1) is 12.0 Å². The summed E-state index contributed by atoms with van der Waals surface area (Å²) >= 11 is 0. The average Bonchev–Trinajstić information content (AvgIpc) is 2.90. The van der Waals surface area contributed by atoms with E-state index < -0.39 is 11.9 Å². The Bertz CT molecular complexity index is 649. The standard InChI is InChI=1S/C17H23N3O5/c1-20-11(8-16(22)23)6-7-12(20)9-19-15(21)10-25-14-5-3-2-4-13(14)17(18)24/h2-5,11-12H,6-10H2,1H3,(H2,18,24)(H,19,21)(H,22,23)/t11-,12+/m1/s1. The number of nitrogens with two attached hydrogens (primary N) is 1. The van der Waals surface area contributed by atoms with Crippen LogP contribution in [0, 0.1) is 0 Å². The van der Waals surface area contributed by atoms with E-state index in [1.165, 1.54) is 6.07 Å². The molecule has 2 rings (SSSR count). The van der Waals surface area contributed by atoms with Crippen LogP contribution < -0.4 is 15.8 Å². The predicted octanol–water partition coefficient (Wildman–Crippen LogP) is 0.218. The second-order valence-corrected chi connectivity index (χ2v) is 6.10. The molecule has 4 N–H and O–H groups in total. The molecule has 1 aromatic rings. The summed E-state index contributed by atoms with van der Waals surface area (Å²) in [5, 5.41) is 11.7. The molecule has 1 aliphatic heterocycles. The van der Waals surface area contributed by atoms with E-state index in [2.05, 4.69) is 5.32 Å². The van der Waals surface area contributed by atoms with Crippen LogP contribution >= 0.6 is 0 Å². The maximum Gasteiger partial charge on any atom is 0.304 e. The molecule has 136 valence electrons. The first kappa shape index (κ1) is 18.7. The van der Waals surface area contributed by atoms with Gasteiger partial charge in [0.15, 0.2) is 6.61 Å². The Morgan fingerprint density at radius 2 is 1.96 bits per heavy atom. The third kappa shape index (κ3) is 5.18. The lowest BCUT2D eigenvalue weighted by Gasteiger charge is -2.25. The van der Waals surface area contributed by atoms with Gasteiger partial charge in [0.1, 0.15) is 5.75 Å². The molecule has 0 saturated carbocycles. The number of primary amides is 1. The van der Waals surface area contributed by atoms with Crippen LogP contribution in [0.4, 0.5) is 0 Å². The van der Waals surface area contributed by atoms with Crippen molar-refractivity contribution in [2.75, 3.05) is 20.2 Å². The van der Waals surface area contributed by atoms with E-state index in [1.807, 2.05) is 11.9 Å². The number of benzene rings is 1. The lowest BCUT2D eigenvalue weighted by molar-refractivity contribution is -0.138. The Morgan fingerprint density at radius 1 is 1.28 bits per heavy atom. The monoisotopic (exact) mass is 349 g/mol. The van der Waals surface area contributed by atoms with Gasteiger partial charge in [-0.3, -0.25) is 19.3 Å². The lowest BCUT2D eigenvalue weighted by atomic mass is 10.1. The highest BCUT2D eigenvalue weighted by Crippen LogP contribution is 2.24. The summed E-state index contributed by atoms with van der Waals surface area (Å²) in [6, 6.07) is 6.57. The molecule has 2 atom stereocenters. The number of rotatable bonds is 8. The Hall–Kier alpha value is -2.61. The zero-order valence-corrected chi connectivity index (χ0v) is 14.1. The predicted molar refractivity (Wildman–Crippen MR) is 90.3 cm³/mol. The van der Waals surface area contributed by atoms with Crippen LogP contribution in [0.15, 0.2) is 24.3 Å². The molecule has 1 heterocycles. The van der Waals surface area contributed by atoms with Crippen LogP contribution in [0.2, 0.25) is 0 Å². The molecule has 0 bridgehead atoms. The zero-order valence-electron chi connectivity index (χ0n) is 14.1. The number of carboxylic acids is 1. The molecule has 0 aromatic heterocycles. The highest BCUT2D eigenvalue weighted by atomic mass is 16.5. The lowest BCUT2D eigenvalue weighted by Crippen LogP contribution is -2.42. The Balaban J connectivity index is 1.78. The van der Waals surface area contributed by atoms with E-state index >= 15 is 0 Å². The fourth-order valence-electron chi connectivity index (χ4n) is 3.01. The van der Waals surface area contributed by atoms with Gasteiger partial charge in [-0.05, 0) is 32.0 Å². The topological polar surface area (TPSA) is 122 Å². The molecule has 0 spiro atoms. The second kappa shape index (κ2) is 8.48. The summed E-state index contributed by atoms with van der Waals surface area (Å²) < 4.78 is 5.37. The molecule has 1 aromatic carbocycles. The van der Waals surface area contributed by atoms with E-state index in [1.54, 1.807) is 18.2 Å². The fourth-order valence-corrected chi connectivity index (χ4v) is 3.01. The Morgan fingerprint density at radius 3 is 2.64 bits per heavy atom. The summed E-state index contributed by atoms with van der Waals surface area (Å²) in [7, 11) is 1.87. The number of carbonyl (C=O) groups excluding carboxylic acids is 2. The van der Waals surface area contributed by atoms with Crippen LogP contribution in [-0.4, -0.2) is 60.1 Å². The minimum atomic E-state index is -0.817. The van der Waals surface area contributed by atoms with Crippen molar-refractivity contribution >= 4 is 17.8 Å². The van der Waals surface area contributed by atoms with Crippen LogP contribution in [0.5, 0.6) is 5.75 Å². The summed E-state index contributed by atoms with van der Waals surface area (Å²) in [5.41, 5.74) is 5.48. The fraction of sp³-hybridized carbons (Fsp3) is 0.471. The van der Waals surface area contributed by atoms with Crippen molar-refractivity contribution in [2.45, 2.75) is 31.3 Å². The molecule has 8 nitrogen and oxygen atoms in total. The van der Waals surface area contributed by atoms with Crippen molar-refractivity contribution in [3.63, 3.8) is 0 Å². The van der Waals surface area contributed by atoms with Gasteiger partial charge in [-0.25, -0.2) is 0 Å². The van der Waals surface area contributed by atoms with Crippen molar-refractivity contribution in [2.24, 2.45) is 5.73 Å². The largest absolute Gasteiger partial charge is 0.483 e. The van der Waals surface area contributed by atoms with E-state index in [0.29, 0.717) is 6.54 Å². The third-order valence-electron chi connectivity index (χ3n) is 4.44. The number of hydrogen-bond donors (Lipinski definition) is 3. The summed E-state index contributed by atoms with van der Waals surface area (Å²) in [6.07, 6.45) is 1.74. The minimum absolute atomic E-state index is 0.00176.